The van der Waals surface area contributed by atoms with Crippen molar-refractivity contribution in [3.63, 3.8) is 0 Å². The monoisotopic (exact) mass is 409 g/mol. The number of nitrogens with zero attached hydrogens (tertiary/aromatic N) is 2. The summed E-state index contributed by atoms with van der Waals surface area (Å²) in [4.78, 5) is 5.43. The second-order valence-corrected chi connectivity index (χ2v) is 8.33. The summed E-state index contributed by atoms with van der Waals surface area (Å²) in [6, 6.07) is 24.2. The van der Waals surface area contributed by atoms with Crippen LogP contribution in [-0.4, -0.2) is 35.6 Å². The molecule has 1 fully saturated rings. The van der Waals surface area contributed by atoms with Crippen LogP contribution in [-0.2, 0) is 17.9 Å². The predicted molar refractivity (Wildman–Crippen MR) is 117 cm³/mol. The van der Waals surface area contributed by atoms with Gasteiger partial charge in [-0.05, 0) is 54.1 Å². The lowest BCUT2D eigenvalue weighted by atomic mass is 10.1. The Hall–Kier alpha value is -2.54. The lowest BCUT2D eigenvalue weighted by Gasteiger charge is -2.36. The quantitative estimate of drug-likeness (QED) is 0.617. The van der Waals surface area contributed by atoms with Crippen LogP contribution in [0.25, 0.3) is 0 Å². The highest BCUT2D eigenvalue weighted by Crippen LogP contribution is 2.19. The molecule has 0 amide bonds. The first-order valence-electron chi connectivity index (χ1n) is 9.73. The van der Waals surface area contributed by atoms with Gasteiger partial charge in [0.25, 0.3) is 0 Å². The van der Waals surface area contributed by atoms with E-state index in [1.807, 2.05) is 18.2 Å². The Kier molecular flexibility index (Phi) is 6.34. The van der Waals surface area contributed by atoms with Crippen molar-refractivity contribution in [2.24, 2.45) is 0 Å². The van der Waals surface area contributed by atoms with Gasteiger partial charge in [-0.15, -0.1) is 0 Å². The zero-order chi connectivity index (χ0) is 20.1. The molecule has 4 nitrogen and oxygen atoms in total. The Labute approximate surface area is 174 Å². The van der Waals surface area contributed by atoms with Gasteiger partial charge in [-0.3, -0.25) is 4.90 Å². The predicted octanol–water partition coefficient (Wildman–Crippen LogP) is 4.28. The summed E-state index contributed by atoms with van der Waals surface area (Å²) in [6.45, 7) is 5.03. The topological polar surface area (TPSA) is 41.6 Å². The van der Waals surface area contributed by atoms with Crippen LogP contribution in [0.2, 0.25) is 0 Å². The Morgan fingerprint density at radius 3 is 2.14 bits per heavy atom. The lowest BCUT2D eigenvalue weighted by Crippen LogP contribution is -2.45. The first-order valence-corrected chi connectivity index (χ1v) is 10.9. The average molecular weight is 410 g/mol. The molecule has 3 aromatic carbocycles. The summed E-state index contributed by atoms with van der Waals surface area (Å²) in [7, 11) is 0. The third-order valence-electron chi connectivity index (χ3n) is 5.09. The van der Waals surface area contributed by atoms with Crippen LogP contribution in [0.1, 0.15) is 5.56 Å². The fraction of sp³-hybridized carbons (Fsp3) is 0.217. The zero-order valence-corrected chi connectivity index (χ0v) is 16.9. The van der Waals surface area contributed by atoms with Crippen molar-refractivity contribution >= 4 is 22.7 Å². The van der Waals surface area contributed by atoms with Gasteiger partial charge in [-0.25, -0.2) is 9.11 Å². The molecule has 0 bridgehead atoms. The van der Waals surface area contributed by atoms with Crippen molar-refractivity contribution in [3.05, 3.63) is 90.2 Å². The highest BCUT2D eigenvalue weighted by Gasteiger charge is 2.17. The van der Waals surface area contributed by atoms with Crippen molar-refractivity contribution in [2.75, 3.05) is 35.8 Å². The summed E-state index contributed by atoms with van der Waals surface area (Å²) >= 11 is -1.41. The van der Waals surface area contributed by atoms with Gasteiger partial charge in [-0.2, -0.15) is 0 Å². The minimum Gasteiger partial charge on any atom is -0.588 e. The minimum absolute atomic E-state index is 0.334. The van der Waals surface area contributed by atoms with E-state index in [1.54, 1.807) is 0 Å². The molecule has 6 heteroatoms. The van der Waals surface area contributed by atoms with E-state index in [9.17, 15) is 8.94 Å². The number of anilines is 2. The number of benzene rings is 3. The van der Waals surface area contributed by atoms with Crippen LogP contribution in [0.15, 0.2) is 83.8 Å². The van der Waals surface area contributed by atoms with Gasteiger partial charge in [0, 0.05) is 38.4 Å². The van der Waals surface area contributed by atoms with Crippen LogP contribution in [0.4, 0.5) is 15.8 Å². The molecule has 29 heavy (non-hydrogen) atoms. The van der Waals surface area contributed by atoms with Crippen LogP contribution in [0.3, 0.4) is 0 Å². The van der Waals surface area contributed by atoms with E-state index in [1.165, 1.54) is 35.5 Å². The highest BCUT2D eigenvalue weighted by atomic mass is 32.2. The van der Waals surface area contributed by atoms with Gasteiger partial charge in [0.1, 0.15) is 17.2 Å². The molecule has 0 spiro atoms. The molecule has 1 N–H and O–H groups in total. The molecule has 3 aromatic rings. The van der Waals surface area contributed by atoms with Crippen LogP contribution < -0.4 is 9.62 Å². The van der Waals surface area contributed by atoms with Gasteiger partial charge < -0.3 is 9.45 Å². The molecule has 0 aliphatic carbocycles. The largest absolute Gasteiger partial charge is 0.588 e. The van der Waals surface area contributed by atoms with Crippen molar-refractivity contribution in [1.82, 2.24) is 4.90 Å². The van der Waals surface area contributed by atoms with Gasteiger partial charge in [0.05, 0.1) is 5.69 Å². The van der Waals surface area contributed by atoms with Crippen molar-refractivity contribution in [1.29, 1.82) is 0 Å². The third-order valence-corrected chi connectivity index (χ3v) is 6.21. The van der Waals surface area contributed by atoms with Gasteiger partial charge in [-0.1, -0.05) is 30.3 Å². The van der Waals surface area contributed by atoms with E-state index in [4.69, 9.17) is 0 Å². The molecule has 4 rings (SSSR count). The zero-order valence-electron chi connectivity index (χ0n) is 16.1. The molecule has 1 atom stereocenters. The van der Waals surface area contributed by atoms with Crippen LogP contribution in [0.5, 0.6) is 0 Å². The maximum atomic E-state index is 13.0. The molecule has 1 aliphatic heterocycles. The van der Waals surface area contributed by atoms with Gasteiger partial charge >= 0.3 is 0 Å². The Morgan fingerprint density at radius 2 is 1.48 bits per heavy atom. The van der Waals surface area contributed by atoms with Crippen molar-refractivity contribution in [2.45, 2.75) is 11.4 Å². The Morgan fingerprint density at radius 1 is 0.828 bits per heavy atom. The summed E-state index contributed by atoms with van der Waals surface area (Å²) in [5, 5.41) is 0. The molecule has 0 saturated carbocycles. The Balaban J connectivity index is 1.28. The lowest BCUT2D eigenvalue weighted by molar-refractivity contribution is 0.250. The smallest absolute Gasteiger partial charge is 0.180 e. The summed E-state index contributed by atoms with van der Waals surface area (Å²) in [5.74, 6) is -0.334. The molecule has 1 heterocycles. The number of piperazine rings is 1. The van der Waals surface area contributed by atoms with E-state index >= 15 is 0 Å². The fourth-order valence-electron chi connectivity index (χ4n) is 3.46. The second kappa shape index (κ2) is 9.31. The number of rotatable bonds is 6. The normalized spacial score (nSPS) is 15.9. The van der Waals surface area contributed by atoms with E-state index in [0.29, 0.717) is 4.90 Å². The minimum atomic E-state index is -1.41. The van der Waals surface area contributed by atoms with Crippen LogP contribution >= 0.6 is 0 Å². The highest BCUT2D eigenvalue weighted by molar-refractivity contribution is 7.92. The van der Waals surface area contributed by atoms with Crippen molar-refractivity contribution < 1.29 is 8.94 Å². The fourth-order valence-corrected chi connectivity index (χ4v) is 4.31. The maximum Gasteiger partial charge on any atom is 0.180 e. The van der Waals surface area contributed by atoms with E-state index in [0.717, 1.165) is 38.4 Å². The van der Waals surface area contributed by atoms with Crippen LogP contribution in [0, 0.1) is 5.82 Å². The van der Waals surface area contributed by atoms with E-state index in [2.05, 4.69) is 50.9 Å². The number of hydrogen-bond donors (Lipinski definition) is 1. The molecular formula is C23H24FN3OS. The average Bonchev–Trinajstić information content (AvgIpc) is 2.77. The van der Waals surface area contributed by atoms with Gasteiger partial charge in [0.15, 0.2) is 4.90 Å². The SMILES string of the molecule is [O-][S+](Nc1ccc(CN2CCN(c3ccccc3)CC2)cc1)c1ccc(F)cc1. The number of para-hydroxylation sites is 1. The van der Waals surface area contributed by atoms with Crippen molar-refractivity contribution in [3.8, 4) is 0 Å². The standard InChI is InChI=1S/C23H24FN3OS/c24-20-8-12-23(13-9-20)29(28)25-21-10-6-19(7-11-21)18-26-14-16-27(17-15-26)22-4-2-1-3-5-22/h1-13,25H,14-18H2. The second-order valence-electron chi connectivity index (χ2n) is 7.12. The summed E-state index contributed by atoms with van der Waals surface area (Å²) < 4.78 is 28.3. The molecule has 150 valence electrons. The third kappa shape index (κ3) is 5.29. The van der Waals surface area contributed by atoms with Gasteiger partial charge in [0.2, 0.25) is 0 Å². The Bertz CT molecular complexity index is 898. The maximum absolute atomic E-state index is 13.0. The van der Waals surface area contributed by atoms with E-state index in [-0.39, 0.29) is 5.82 Å². The summed E-state index contributed by atoms with van der Waals surface area (Å²) in [6.07, 6.45) is 0. The number of nitrogens with one attached hydrogen (secondary N) is 1. The first kappa shape index (κ1) is 19.8. The molecule has 1 saturated heterocycles. The number of hydrogen-bond acceptors (Lipinski definition) is 4. The molecule has 0 aromatic heterocycles. The first-order chi connectivity index (χ1) is 14.2. The summed E-state index contributed by atoms with van der Waals surface area (Å²) in [5.41, 5.74) is 3.30. The number of halogens is 1. The molecule has 0 radical (unpaired) electrons. The molecule has 1 aliphatic rings. The molecular weight excluding hydrogens is 385 g/mol. The molecule has 1 unspecified atom stereocenters. The van der Waals surface area contributed by atoms with E-state index < -0.39 is 11.4 Å².